The van der Waals surface area contributed by atoms with Gasteiger partial charge in [-0.15, -0.1) is 5.10 Å². The third kappa shape index (κ3) is 4.31. The number of carbonyl (C=O) groups is 3. The number of nitrogens with zero attached hydrogens (tertiary/aromatic N) is 4. The molecule has 2 atom stereocenters. The van der Waals surface area contributed by atoms with Crippen molar-refractivity contribution < 1.29 is 19.1 Å². The Labute approximate surface area is 198 Å². The third-order valence-electron chi connectivity index (χ3n) is 5.87. The molecular weight excluding hydrogens is 432 g/mol. The highest BCUT2D eigenvalue weighted by molar-refractivity contribution is 6.48. The number of aryl methyl sites for hydroxylation is 1. The molecule has 8 heteroatoms. The Morgan fingerprint density at radius 1 is 1.03 bits per heavy atom. The molecule has 2 aromatic heterocycles. The first-order valence-electron chi connectivity index (χ1n) is 11.2. The van der Waals surface area contributed by atoms with Crippen LogP contribution in [0, 0.1) is 12.8 Å². The summed E-state index contributed by atoms with van der Waals surface area (Å²) in [7, 11) is 0. The van der Waals surface area contributed by atoms with Gasteiger partial charge in [-0.25, -0.2) is 4.98 Å². The van der Waals surface area contributed by atoms with Gasteiger partial charge in [0.05, 0.1) is 18.3 Å². The van der Waals surface area contributed by atoms with E-state index < -0.39 is 29.4 Å². The molecule has 1 saturated heterocycles. The quantitative estimate of drug-likeness (QED) is 0.301. The summed E-state index contributed by atoms with van der Waals surface area (Å²) in [6, 6.07) is 12.9. The first-order valence-corrected chi connectivity index (χ1v) is 11.2. The van der Waals surface area contributed by atoms with Gasteiger partial charge in [-0.05, 0) is 49.1 Å². The molecular formula is C26H26N4O4. The van der Waals surface area contributed by atoms with Crippen LogP contribution in [-0.4, -0.2) is 39.3 Å². The molecule has 0 bridgehead atoms. The number of anilines is 1. The highest BCUT2D eigenvalue weighted by atomic mass is 16.5. The number of amides is 1. The minimum absolute atomic E-state index is 0.202. The molecule has 0 N–H and O–H groups in total. The van der Waals surface area contributed by atoms with Gasteiger partial charge in [-0.2, -0.15) is 5.10 Å². The van der Waals surface area contributed by atoms with Gasteiger partial charge in [0.25, 0.3) is 5.91 Å². The minimum Gasteiger partial charge on any atom is -0.478 e. The normalized spacial score (nSPS) is 18.0. The van der Waals surface area contributed by atoms with Gasteiger partial charge in [0.15, 0.2) is 11.6 Å². The first kappa shape index (κ1) is 23.2. The van der Waals surface area contributed by atoms with E-state index in [1.165, 1.54) is 11.1 Å². The fourth-order valence-corrected chi connectivity index (χ4v) is 4.05. The van der Waals surface area contributed by atoms with Crippen LogP contribution in [0.4, 0.5) is 5.82 Å². The number of rotatable bonds is 7. The van der Waals surface area contributed by atoms with Crippen molar-refractivity contribution in [2.24, 2.45) is 5.92 Å². The van der Waals surface area contributed by atoms with E-state index in [0.29, 0.717) is 35.2 Å². The topological polar surface area (TPSA) is 102 Å². The number of hydrogen-bond donors (Lipinski definition) is 0. The van der Waals surface area contributed by atoms with E-state index in [-0.39, 0.29) is 5.82 Å². The van der Waals surface area contributed by atoms with E-state index in [4.69, 9.17) is 4.74 Å². The summed E-state index contributed by atoms with van der Waals surface area (Å²) in [5.41, 5.74) is 2.64. The molecule has 0 saturated carbocycles. The molecule has 4 rings (SSSR count). The number of Topliss-reactive ketones (excluding diaryl/α,β-unsaturated/α-hetero) is 2. The molecule has 1 aromatic carbocycles. The number of pyridine rings is 1. The van der Waals surface area contributed by atoms with Crippen LogP contribution in [-0.2, 0) is 9.59 Å². The summed E-state index contributed by atoms with van der Waals surface area (Å²) in [6.45, 7) is 8.19. The lowest BCUT2D eigenvalue weighted by Gasteiger charge is -2.26. The predicted molar refractivity (Wildman–Crippen MR) is 126 cm³/mol. The number of ether oxygens (including phenoxy) is 1. The Kier molecular flexibility index (Phi) is 6.49. The van der Waals surface area contributed by atoms with Gasteiger partial charge in [-0.1, -0.05) is 38.1 Å². The van der Waals surface area contributed by atoms with E-state index in [2.05, 4.69) is 29.0 Å². The molecule has 1 amide bonds. The van der Waals surface area contributed by atoms with Crippen molar-refractivity contribution in [2.45, 2.75) is 39.7 Å². The molecule has 1 aliphatic heterocycles. The lowest BCUT2D eigenvalue weighted by Crippen LogP contribution is -2.31. The van der Waals surface area contributed by atoms with E-state index in [1.807, 2.05) is 19.1 Å². The van der Waals surface area contributed by atoms with Gasteiger partial charge in [-0.3, -0.25) is 19.3 Å². The van der Waals surface area contributed by atoms with Crippen LogP contribution < -0.4 is 9.64 Å². The summed E-state index contributed by atoms with van der Waals surface area (Å²) >= 11 is 0. The maximum Gasteiger partial charge on any atom is 0.297 e. The Hall–Kier alpha value is -3.94. The highest BCUT2D eigenvalue weighted by Crippen LogP contribution is 2.40. The summed E-state index contributed by atoms with van der Waals surface area (Å²) in [5.74, 6) is -2.31. The molecule has 8 nitrogen and oxygen atoms in total. The molecule has 0 spiro atoms. The fourth-order valence-electron chi connectivity index (χ4n) is 4.05. The summed E-state index contributed by atoms with van der Waals surface area (Å²) in [6.07, 6.45) is 1.53. The van der Waals surface area contributed by atoms with Gasteiger partial charge in [0.1, 0.15) is 5.92 Å². The lowest BCUT2D eigenvalue weighted by atomic mass is 9.86. The van der Waals surface area contributed by atoms with Crippen molar-refractivity contribution in [3.05, 3.63) is 77.1 Å². The summed E-state index contributed by atoms with van der Waals surface area (Å²) in [4.78, 5) is 45.5. The zero-order chi connectivity index (χ0) is 24.4. The summed E-state index contributed by atoms with van der Waals surface area (Å²) in [5, 5.41) is 8.14. The molecule has 3 heterocycles. The monoisotopic (exact) mass is 458 g/mol. The smallest absolute Gasteiger partial charge is 0.297 e. The molecule has 2 unspecified atom stereocenters. The number of hydrogen-bond acceptors (Lipinski definition) is 7. The zero-order valence-electron chi connectivity index (χ0n) is 19.6. The van der Waals surface area contributed by atoms with E-state index >= 15 is 0 Å². The highest BCUT2D eigenvalue weighted by Gasteiger charge is 2.53. The standard InChI is InChI=1S/C26H26N4O4/c1-5-34-21-13-11-19(14-27-21)23-22(24(31)18-9-7-17(8-10-18)15(2)3)25(32)26(33)30(23)20-12-6-16(4)28-29-20/h6-15,22-23H,5H2,1-4H3. The average Bonchev–Trinajstić information content (AvgIpc) is 3.10. The van der Waals surface area contributed by atoms with Crippen LogP contribution in [0.1, 0.15) is 59.9 Å². The average molecular weight is 459 g/mol. The molecule has 34 heavy (non-hydrogen) atoms. The Morgan fingerprint density at radius 2 is 1.76 bits per heavy atom. The van der Waals surface area contributed by atoms with Crippen LogP contribution in [0.5, 0.6) is 5.88 Å². The first-order chi connectivity index (χ1) is 16.3. The van der Waals surface area contributed by atoms with Crippen molar-refractivity contribution in [2.75, 3.05) is 11.5 Å². The number of carbonyl (C=O) groups excluding carboxylic acids is 3. The van der Waals surface area contributed by atoms with Crippen molar-refractivity contribution in [3.8, 4) is 5.88 Å². The van der Waals surface area contributed by atoms with Crippen molar-refractivity contribution in [1.82, 2.24) is 15.2 Å². The van der Waals surface area contributed by atoms with Crippen LogP contribution in [0.3, 0.4) is 0 Å². The minimum atomic E-state index is -1.24. The number of benzene rings is 1. The lowest BCUT2D eigenvalue weighted by molar-refractivity contribution is -0.135. The van der Waals surface area contributed by atoms with Crippen LogP contribution in [0.15, 0.2) is 54.7 Å². The largest absolute Gasteiger partial charge is 0.478 e. The molecule has 3 aromatic rings. The van der Waals surface area contributed by atoms with E-state index in [1.54, 1.807) is 43.3 Å². The third-order valence-corrected chi connectivity index (χ3v) is 5.87. The van der Waals surface area contributed by atoms with Crippen LogP contribution in [0.2, 0.25) is 0 Å². The second kappa shape index (κ2) is 9.51. The van der Waals surface area contributed by atoms with Gasteiger partial charge in [0.2, 0.25) is 11.7 Å². The van der Waals surface area contributed by atoms with E-state index in [9.17, 15) is 14.4 Å². The molecule has 0 aliphatic carbocycles. The molecule has 1 aliphatic rings. The zero-order valence-corrected chi connectivity index (χ0v) is 19.6. The molecule has 0 radical (unpaired) electrons. The number of aromatic nitrogens is 3. The van der Waals surface area contributed by atoms with Gasteiger partial charge in [0, 0.05) is 17.8 Å². The fraction of sp³-hybridized carbons (Fsp3) is 0.308. The predicted octanol–water partition coefficient (Wildman–Crippen LogP) is 3.86. The van der Waals surface area contributed by atoms with Crippen molar-refractivity contribution >= 4 is 23.3 Å². The Balaban J connectivity index is 1.79. The van der Waals surface area contributed by atoms with Gasteiger partial charge >= 0.3 is 0 Å². The van der Waals surface area contributed by atoms with Gasteiger partial charge < -0.3 is 4.74 Å². The number of ketones is 2. The Bertz CT molecular complexity index is 1210. The van der Waals surface area contributed by atoms with Crippen molar-refractivity contribution in [1.29, 1.82) is 0 Å². The maximum absolute atomic E-state index is 13.6. The second-order valence-corrected chi connectivity index (χ2v) is 8.50. The van der Waals surface area contributed by atoms with Crippen LogP contribution >= 0.6 is 0 Å². The van der Waals surface area contributed by atoms with E-state index in [0.717, 1.165) is 5.56 Å². The summed E-state index contributed by atoms with van der Waals surface area (Å²) < 4.78 is 5.42. The van der Waals surface area contributed by atoms with Crippen molar-refractivity contribution in [3.63, 3.8) is 0 Å². The Morgan fingerprint density at radius 3 is 2.32 bits per heavy atom. The molecule has 1 fully saturated rings. The van der Waals surface area contributed by atoms with Crippen LogP contribution in [0.25, 0.3) is 0 Å². The second-order valence-electron chi connectivity index (χ2n) is 8.50. The molecule has 174 valence electrons. The SMILES string of the molecule is CCOc1ccc(C2C(C(=O)c3ccc(C(C)C)cc3)C(=O)C(=O)N2c2ccc(C)nn2)cn1. The maximum atomic E-state index is 13.6.